The van der Waals surface area contributed by atoms with Gasteiger partial charge >= 0.3 is 0 Å². The maximum atomic E-state index is 8.63. The van der Waals surface area contributed by atoms with Crippen molar-refractivity contribution in [3.8, 4) is 11.8 Å². The Morgan fingerprint density at radius 2 is 2.00 bits per heavy atom. The van der Waals surface area contributed by atoms with Gasteiger partial charge in [0.15, 0.2) is 0 Å². The highest BCUT2D eigenvalue weighted by atomic mass is 79.9. The molecule has 68 valence electrons. The second-order valence-corrected chi connectivity index (χ2v) is 3.57. The third-order valence-electron chi connectivity index (χ3n) is 1.85. The quantitative estimate of drug-likeness (QED) is 0.777. The summed E-state index contributed by atoms with van der Waals surface area (Å²) in [6.45, 7) is 0. The zero-order chi connectivity index (χ0) is 9.97. The van der Waals surface area contributed by atoms with Crippen LogP contribution in [-0.4, -0.2) is 9.55 Å². The van der Waals surface area contributed by atoms with E-state index >= 15 is 0 Å². The van der Waals surface area contributed by atoms with E-state index in [1.165, 1.54) is 0 Å². The van der Waals surface area contributed by atoms with Gasteiger partial charge in [0.2, 0.25) is 0 Å². The van der Waals surface area contributed by atoms with E-state index in [9.17, 15) is 0 Å². The number of hydrogen-bond acceptors (Lipinski definition) is 2. The van der Waals surface area contributed by atoms with Crippen LogP contribution in [0.3, 0.4) is 0 Å². The summed E-state index contributed by atoms with van der Waals surface area (Å²) in [5, 5.41) is 8.63. The molecule has 14 heavy (non-hydrogen) atoms. The topological polar surface area (TPSA) is 41.6 Å². The molecule has 2 aromatic rings. The molecule has 0 aliphatic carbocycles. The predicted octanol–water partition coefficient (Wildman–Crippen LogP) is 2.51. The molecule has 2 rings (SSSR count). The Kier molecular flexibility index (Phi) is 2.33. The average Bonchev–Trinajstić information content (AvgIpc) is 2.65. The molecule has 1 aromatic carbocycles. The van der Waals surface area contributed by atoms with Gasteiger partial charge in [-0.15, -0.1) is 0 Å². The fourth-order valence-corrected chi connectivity index (χ4v) is 1.46. The summed E-state index contributed by atoms with van der Waals surface area (Å²) in [5.41, 5.74) is 1.65. The summed E-state index contributed by atoms with van der Waals surface area (Å²) in [5.74, 6) is 0. The number of rotatable bonds is 1. The van der Waals surface area contributed by atoms with Crippen molar-refractivity contribution in [2.75, 3.05) is 0 Å². The number of halogens is 1. The standard InChI is InChI=1S/C10H6BrN3/c11-10-6-14(7-13-10)9-3-1-8(5-12)2-4-9/h1-4,6-7H. The number of benzene rings is 1. The Hall–Kier alpha value is -1.60. The van der Waals surface area contributed by atoms with Gasteiger partial charge in [-0.3, -0.25) is 0 Å². The normalized spacial score (nSPS) is 9.71. The van der Waals surface area contributed by atoms with Crippen LogP contribution in [0.25, 0.3) is 5.69 Å². The van der Waals surface area contributed by atoms with Crippen LogP contribution in [0.2, 0.25) is 0 Å². The lowest BCUT2D eigenvalue weighted by molar-refractivity contribution is 1.06. The first-order valence-electron chi connectivity index (χ1n) is 3.99. The summed E-state index contributed by atoms with van der Waals surface area (Å²) in [6, 6.07) is 9.40. The molecular formula is C10H6BrN3. The van der Waals surface area contributed by atoms with Crippen LogP contribution >= 0.6 is 15.9 Å². The van der Waals surface area contributed by atoms with E-state index in [0.29, 0.717) is 5.56 Å². The van der Waals surface area contributed by atoms with Crippen LogP contribution in [0.15, 0.2) is 41.4 Å². The first-order valence-corrected chi connectivity index (χ1v) is 4.79. The molecule has 0 radical (unpaired) electrons. The van der Waals surface area contributed by atoms with E-state index in [1.807, 2.05) is 22.9 Å². The zero-order valence-electron chi connectivity index (χ0n) is 7.18. The lowest BCUT2D eigenvalue weighted by atomic mass is 10.2. The fraction of sp³-hybridized carbons (Fsp3) is 0. The third-order valence-corrected chi connectivity index (χ3v) is 2.26. The fourth-order valence-electron chi connectivity index (χ4n) is 1.15. The lowest BCUT2D eigenvalue weighted by Crippen LogP contribution is -1.88. The van der Waals surface area contributed by atoms with E-state index in [0.717, 1.165) is 10.3 Å². The van der Waals surface area contributed by atoms with Crippen LogP contribution < -0.4 is 0 Å². The first kappa shape index (κ1) is 8.97. The smallest absolute Gasteiger partial charge is 0.124 e. The Balaban J connectivity index is 2.39. The van der Waals surface area contributed by atoms with E-state index in [1.54, 1.807) is 18.5 Å². The molecule has 0 aliphatic rings. The van der Waals surface area contributed by atoms with Gasteiger partial charge in [0.05, 0.1) is 11.6 Å². The monoisotopic (exact) mass is 247 g/mol. The zero-order valence-corrected chi connectivity index (χ0v) is 8.77. The maximum absolute atomic E-state index is 8.63. The summed E-state index contributed by atoms with van der Waals surface area (Å²) in [6.07, 6.45) is 3.58. The molecular weight excluding hydrogens is 242 g/mol. The highest BCUT2D eigenvalue weighted by Gasteiger charge is 1.97. The number of aromatic nitrogens is 2. The Morgan fingerprint density at radius 3 is 2.50 bits per heavy atom. The van der Waals surface area contributed by atoms with Crippen LogP contribution in [0.1, 0.15) is 5.56 Å². The van der Waals surface area contributed by atoms with E-state index in [4.69, 9.17) is 5.26 Å². The van der Waals surface area contributed by atoms with Gasteiger partial charge in [-0.05, 0) is 40.2 Å². The van der Waals surface area contributed by atoms with Gasteiger partial charge in [-0.2, -0.15) is 5.26 Å². The molecule has 1 aromatic heterocycles. The summed E-state index contributed by atoms with van der Waals surface area (Å²) < 4.78 is 2.67. The first-order chi connectivity index (χ1) is 6.79. The Bertz CT molecular complexity index is 479. The van der Waals surface area contributed by atoms with E-state index in [2.05, 4.69) is 27.0 Å². The minimum absolute atomic E-state index is 0.660. The molecule has 0 saturated carbocycles. The molecule has 3 nitrogen and oxygen atoms in total. The van der Waals surface area contributed by atoms with Gasteiger partial charge in [-0.1, -0.05) is 0 Å². The number of nitrogens with zero attached hydrogens (tertiary/aromatic N) is 3. The second-order valence-electron chi connectivity index (χ2n) is 2.76. The van der Waals surface area contributed by atoms with Gasteiger partial charge in [0.1, 0.15) is 10.9 Å². The van der Waals surface area contributed by atoms with E-state index in [-0.39, 0.29) is 0 Å². The molecule has 0 spiro atoms. The second kappa shape index (κ2) is 3.64. The van der Waals surface area contributed by atoms with Gasteiger partial charge < -0.3 is 4.57 Å². The van der Waals surface area contributed by atoms with Gasteiger partial charge in [-0.25, -0.2) is 4.98 Å². The minimum Gasteiger partial charge on any atom is -0.305 e. The van der Waals surface area contributed by atoms with Crippen LogP contribution in [-0.2, 0) is 0 Å². The lowest BCUT2D eigenvalue weighted by Gasteiger charge is -2.00. The van der Waals surface area contributed by atoms with Crippen molar-refractivity contribution in [3.05, 3.63) is 47.0 Å². The number of hydrogen-bond donors (Lipinski definition) is 0. The molecule has 0 N–H and O–H groups in total. The molecule has 0 amide bonds. The molecule has 0 unspecified atom stereocenters. The summed E-state index contributed by atoms with van der Waals surface area (Å²) in [4.78, 5) is 4.05. The van der Waals surface area contributed by atoms with Crippen molar-refractivity contribution in [3.63, 3.8) is 0 Å². The largest absolute Gasteiger partial charge is 0.305 e. The maximum Gasteiger partial charge on any atom is 0.124 e. The van der Waals surface area contributed by atoms with Crippen molar-refractivity contribution in [2.24, 2.45) is 0 Å². The Morgan fingerprint density at radius 1 is 1.29 bits per heavy atom. The third kappa shape index (κ3) is 1.68. The van der Waals surface area contributed by atoms with Crippen LogP contribution in [0.5, 0.6) is 0 Å². The molecule has 0 saturated heterocycles. The SMILES string of the molecule is N#Cc1ccc(-n2cnc(Br)c2)cc1. The van der Waals surface area contributed by atoms with Crippen molar-refractivity contribution >= 4 is 15.9 Å². The molecule has 0 bridgehead atoms. The number of imidazole rings is 1. The van der Waals surface area contributed by atoms with Crippen LogP contribution in [0.4, 0.5) is 0 Å². The molecule has 0 fully saturated rings. The molecule has 1 heterocycles. The predicted molar refractivity (Wildman–Crippen MR) is 56.0 cm³/mol. The van der Waals surface area contributed by atoms with Crippen molar-refractivity contribution < 1.29 is 0 Å². The van der Waals surface area contributed by atoms with Gasteiger partial charge in [0, 0.05) is 11.9 Å². The molecule has 4 heteroatoms. The Labute approximate surface area is 89.8 Å². The van der Waals surface area contributed by atoms with E-state index < -0.39 is 0 Å². The minimum atomic E-state index is 0.660. The summed E-state index contributed by atoms with van der Waals surface area (Å²) >= 11 is 3.27. The summed E-state index contributed by atoms with van der Waals surface area (Å²) in [7, 11) is 0. The van der Waals surface area contributed by atoms with Crippen molar-refractivity contribution in [1.82, 2.24) is 9.55 Å². The highest BCUT2D eigenvalue weighted by molar-refractivity contribution is 9.10. The van der Waals surface area contributed by atoms with Crippen molar-refractivity contribution in [1.29, 1.82) is 5.26 Å². The van der Waals surface area contributed by atoms with Gasteiger partial charge in [0.25, 0.3) is 0 Å². The highest BCUT2D eigenvalue weighted by Crippen LogP contribution is 2.12. The van der Waals surface area contributed by atoms with Crippen LogP contribution in [0, 0.1) is 11.3 Å². The number of nitriles is 1. The molecule has 0 atom stereocenters. The average molecular weight is 248 g/mol. The molecule has 0 aliphatic heterocycles. The van der Waals surface area contributed by atoms with Crippen molar-refractivity contribution in [2.45, 2.75) is 0 Å².